The molecule has 2 nitrogen and oxygen atoms in total. The Morgan fingerprint density at radius 1 is 1.19 bits per heavy atom. The van der Waals surface area contributed by atoms with Crippen LogP contribution in [0.15, 0.2) is 36.5 Å². The average molecular weight is 214 g/mol. The summed E-state index contributed by atoms with van der Waals surface area (Å²) in [5, 5.41) is 4.55. The lowest BCUT2D eigenvalue weighted by Crippen LogP contribution is -1.88. The molecular weight excluding hydrogens is 196 g/mol. The van der Waals surface area contributed by atoms with E-state index in [0.29, 0.717) is 0 Å². The van der Waals surface area contributed by atoms with Crippen LogP contribution >= 0.6 is 0 Å². The van der Waals surface area contributed by atoms with Gasteiger partial charge in [-0.05, 0) is 18.4 Å². The molecule has 1 aromatic carbocycles. The summed E-state index contributed by atoms with van der Waals surface area (Å²) >= 11 is 0. The van der Waals surface area contributed by atoms with Gasteiger partial charge in [-0.15, -0.1) is 0 Å². The van der Waals surface area contributed by atoms with Crippen LogP contribution in [0.5, 0.6) is 0 Å². The average Bonchev–Trinajstić information content (AvgIpc) is 2.69. The van der Waals surface area contributed by atoms with Gasteiger partial charge in [0.2, 0.25) is 0 Å². The highest BCUT2D eigenvalue weighted by molar-refractivity contribution is 5.62. The second kappa shape index (κ2) is 4.97. The Kier molecular flexibility index (Phi) is 3.40. The zero-order chi connectivity index (χ0) is 11.4. The van der Waals surface area contributed by atoms with Gasteiger partial charge in [-0.3, -0.25) is 4.68 Å². The lowest BCUT2D eigenvalue weighted by Gasteiger charge is -2.00. The summed E-state index contributed by atoms with van der Waals surface area (Å²) in [6.45, 7) is 2.22. The van der Waals surface area contributed by atoms with Crippen molar-refractivity contribution in [2.24, 2.45) is 7.05 Å². The van der Waals surface area contributed by atoms with E-state index < -0.39 is 0 Å². The molecule has 1 heterocycles. The molecule has 0 bridgehead atoms. The van der Waals surface area contributed by atoms with Crippen LogP contribution < -0.4 is 0 Å². The van der Waals surface area contributed by atoms with Crippen LogP contribution in [0.4, 0.5) is 0 Å². The zero-order valence-corrected chi connectivity index (χ0v) is 9.98. The minimum Gasteiger partial charge on any atom is -0.275 e. The van der Waals surface area contributed by atoms with E-state index in [-0.39, 0.29) is 0 Å². The minimum absolute atomic E-state index is 1.12. The number of nitrogens with zero attached hydrogens (tertiary/aromatic N) is 2. The second-order valence-electron chi connectivity index (χ2n) is 4.15. The van der Waals surface area contributed by atoms with Crippen molar-refractivity contribution >= 4 is 0 Å². The van der Waals surface area contributed by atoms with Crippen molar-refractivity contribution < 1.29 is 0 Å². The van der Waals surface area contributed by atoms with Crippen molar-refractivity contribution in [2.45, 2.75) is 26.2 Å². The molecule has 0 spiro atoms. The molecular formula is C14H18N2. The standard InChI is InChI=1S/C14H18N2/c1-3-4-8-13-11-16(2)15-14(13)12-9-6-5-7-10-12/h5-7,9-11H,3-4,8H2,1-2H3. The van der Waals surface area contributed by atoms with E-state index in [4.69, 9.17) is 0 Å². The highest BCUT2D eigenvalue weighted by Gasteiger charge is 2.08. The molecule has 0 atom stereocenters. The second-order valence-corrected chi connectivity index (χ2v) is 4.15. The van der Waals surface area contributed by atoms with Crippen LogP contribution in [0, 0.1) is 0 Å². The molecule has 0 amide bonds. The number of hydrogen-bond acceptors (Lipinski definition) is 1. The summed E-state index contributed by atoms with van der Waals surface area (Å²) in [7, 11) is 1.99. The predicted molar refractivity (Wildman–Crippen MR) is 67.3 cm³/mol. The molecule has 0 fully saturated rings. The van der Waals surface area contributed by atoms with Gasteiger partial charge in [0.25, 0.3) is 0 Å². The Bertz CT molecular complexity index is 443. The molecule has 0 aliphatic rings. The van der Waals surface area contributed by atoms with Gasteiger partial charge in [-0.2, -0.15) is 5.10 Å². The van der Waals surface area contributed by atoms with Crippen molar-refractivity contribution in [2.75, 3.05) is 0 Å². The Morgan fingerprint density at radius 2 is 1.94 bits per heavy atom. The number of rotatable bonds is 4. The van der Waals surface area contributed by atoms with Gasteiger partial charge in [0.05, 0.1) is 5.69 Å². The Hall–Kier alpha value is -1.57. The number of unbranched alkanes of at least 4 members (excludes halogenated alkanes) is 1. The van der Waals surface area contributed by atoms with Crippen LogP contribution in [0.3, 0.4) is 0 Å². The summed E-state index contributed by atoms with van der Waals surface area (Å²) in [6.07, 6.45) is 5.71. The largest absolute Gasteiger partial charge is 0.275 e. The summed E-state index contributed by atoms with van der Waals surface area (Å²) in [5.74, 6) is 0. The Morgan fingerprint density at radius 3 is 2.62 bits per heavy atom. The molecule has 0 aliphatic heterocycles. The lowest BCUT2D eigenvalue weighted by molar-refractivity contribution is 0.764. The van der Waals surface area contributed by atoms with E-state index in [2.05, 4.69) is 42.5 Å². The predicted octanol–water partition coefficient (Wildman–Crippen LogP) is 3.43. The van der Waals surface area contributed by atoms with Crippen molar-refractivity contribution in [3.8, 4) is 11.3 Å². The SMILES string of the molecule is CCCCc1cn(C)nc1-c1ccccc1. The van der Waals surface area contributed by atoms with Gasteiger partial charge in [-0.25, -0.2) is 0 Å². The molecule has 0 unspecified atom stereocenters. The first-order chi connectivity index (χ1) is 7.81. The number of aromatic nitrogens is 2. The third-order valence-corrected chi connectivity index (χ3v) is 2.75. The Labute approximate surface area is 96.9 Å². The third-order valence-electron chi connectivity index (χ3n) is 2.75. The monoisotopic (exact) mass is 214 g/mol. The van der Waals surface area contributed by atoms with Crippen LogP contribution in [0.25, 0.3) is 11.3 Å². The maximum atomic E-state index is 4.55. The third kappa shape index (κ3) is 2.32. The lowest BCUT2D eigenvalue weighted by atomic mass is 10.0. The number of aryl methyl sites for hydroxylation is 2. The van der Waals surface area contributed by atoms with Crippen molar-refractivity contribution in [3.63, 3.8) is 0 Å². The summed E-state index contributed by atoms with van der Waals surface area (Å²) < 4.78 is 1.91. The van der Waals surface area contributed by atoms with E-state index in [1.807, 2.05) is 17.8 Å². The summed E-state index contributed by atoms with van der Waals surface area (Å²) in [5.41, 5.74) is 3.71. The molecule has 0 radical (unpaired) electrons. The molecule has 0 saturated carbocycles. The van der Waals surface area contributed by atoms with Crippen molar-refractivity contribution in [1.82, 2.24) is 9.78 Å². The summed E-state index contributed by atoms with van der Waals surface area (Å²) in [6, 6.07) is 10.4. The molecule has 16 heavy (non-hydrogen) atoms. The van der Waals surface area contributed by atoms with Crippen LogP contribution in [-0.4, -0.2) is 9.78 Å². The molecule has 84 valence electrons. The molecule has 0 aliphatic carbocycles. The summed E-state index contributed by atoms with van der Waals surface area (Å²) in [4.78, 5) is 0. The number of hydrogen-bond donors (Lipinski definition) is 0. The van der Waals surface area contributed by atoms with Crippen molar-refractivity contribution in [1.29, 1.82) is 0 Å². The van der Waals surface area contributed by atoms with Gasteiger partial charge in [0.1, 0.15) is 0 Å². The Balaban J connectivity index is 2.33. The smallest absolute Gasteiger partial charge is 0.0954 e. The topological polar surface area (TPSA) is 17.8 Å². The van der Waals surface area contributed by atoms with Gasteiger partial charge in [0, 0.05) is 18.8 Å². The fraction of sp³-hybridized carbons (Fsp3) is 0.357. The van der Waals surface area contributed by atoms with E-state index in [1.165, 1.54) is 24.0 Å². The fourth-order valence-electron chi connectivity index (χ4n) is 1.93. The molecule has 2 aromatic rings. The van der Waals surface area contributed by atoms with Gasteiger partial charge < -0.3 is 0 Å². The molecule has 0 N–H and O–H groups in total. The molecule has 0 saturated heterocycles. The maximum Gasteiger partial charge on any atom is 0.0954 e. The maximum absolute atomic E-state index is 4.55. The molecule has 2 rings (SSSR count). The number of benzene rings is 1. The van der Waals surface area contributed by atoms with Crippen LogP contribution in [-0.2, 0) is 13.5 Å². The van der Waals surface area contributed by atoms with Crippen molar-refractivity contribution in [3.05, 3.63) is 42.1 Å². The van der Waals surface area contributed by atoms with E-state index in [9.17, 15) is 0 Å². The van der Waals surface area contributed by atoms with Gasteiger partial charge in [0.15, 0.2) is 0 Å². The minimum atomic E-state index is 1.12. The van der Waals surface area contributed by atoms with E-state index >= 15 is 0 Å². The highest BCUT2D eigenvalue weighted by atomic mass is 15.2. The first-order valence-electron chi connectivity index (χ1n) is 5.89. The van der Waals surface area contributed by atoms with Gasteiger partial charge >= 0.3 is 0 Å². The van der Waals surface area contributed by atoms with Crippen LogP contribution in [0.1, 0.15) is 25.3 Å². The first-order valence-corrected chi connectivity index (χ1v) is 5.89. The normalized spacial score (nSPS) is 10.6. The van der Waals surface area contributed by atoms with E-state index in [1.54, 1.807) is 0 Å². The van der Waals surface area contributed by atoms with Crippen LogP contribution in [0.2, 0.25) is 0 Å². The first kappa shape index (κ1) is 10.9. The van der Waals surface area contributed by atoms with Gasteiger partial charge in [-0.1, -0.05) is 43.7 Å². The molecule has 1 aromatic heterocycles. The highest BCUT2D eigenvalue weighted by Crippen LogP contribution is 2.22. The van der Waals surface area contributed by atoms with E-state index in [0.717, 1.165) is 12.1 Å². The quantitative estimate of drug-likeness (QED) is 0.762. The molecule has 2 heteroatoms. The zero-order valence-electron chi connectivity index (χ0n) is 9.98. The fourth-order valence-corrected chi connectivity index (χ4v) is 1.93.